The highest BCUT2D eigenvalue weighted by atomic mass is 16.6. The number of hydrogen-bond acceptors (Lipinski definition) is 12. The number of rotatable bonds is 15. The van der Waals surface area contributed by atoms with Crippen LogP contribution in [0.15, 0.2) is 24.3 Å². The predicted octanol–water partition coefficient (Wildman–Crippen LogP) is 0.670. The number of hydrogen-bond donors (Lipinski definition) is 0. The van der Waals surface area contributed by atoms with E-state index in [1.807, 2.05) is 0 Å². The number of methoxy groups -OCH3 is 4. The second-order valence-corrected chi connectivity index (χ2v) is 6.74. The van der Waals surface area contributed by atoms with Crippen LogP contribution in [0.2, 0.25) is 0 Å². The normalized spacial score (nSPS) is 11.8. The third-order valence-corrected chi connectivity index (χ3v) is 4.54. The Morgan fingerprint density at radius 1 is 0.588 bits per heavy atom. The Kier molecular flexibility index (Phi) is 14.3. The molecule has 0 saturated carbocycles. The predicted molar refractivity (Wildman–Crippen MR) is 114 cm³/mol. The highest BCUT2D eigenvalue weighted by Gasteiger charge is 2.32. The molecule has 2 atom stereocenters. The maximum atomic E-state index is 12.1. The van der Waals surface area contributed by atoms with Gasteiger partial charge in [-0.3, -0.25) is 19.2 Å². The summed E-state index contributed by atoms with van der Waals surface area (Å²) in [5.74, 6) is -7.41. The molecular weight excluding hydrogens is 456 g/mol. The average Bonchev–Trinajstić information content (AvgIpc) is 2.84. The Morgan fingerprint density at radius 2 is 0.912 bits per heavy atom. The van der Waals surface area contributed by atoms with E-state index < -0.39 is 60.5 Å². The summed E-state index contributed by atoms with van der Waals surface area (Å²) in [5, 5.41) is 0. The molecule has 190 valence electrons. The van der Waals surface area contributed by atoms with Crippen LogP contribution in [0.4, 0.5) is 0 Å². The minimum Gasteiger partial charge on any atom is -0.469 e. The van der Waals surface area contributed by atoms with Crippen LogP contribution in [0.3, 0.4) is 0 Å². The molecule has 0 fully saturated rings. The molecule has 0 heterocycles. The molecule has 0 saturated heterocycles. The monoisotopic (exact) mass is 486 g/mol. The van der Waals surface area contributed by atoms with E-state index in [2.05, 4.69) is 32.1 Å². The molecule has 0 rings (SSSR count). The van der Waals surface area contributed by atoms with Crippen molar-refractivity contribution in [2.24, 2.45) is 11.8 Å². The van der Waals surface area contributed by atoms with Gasteiger partial charge in [0.2, 0.25) is 0 Å². The Morgan fingerprint density at radius 3 is 1.18 bits per heavy atom. The van der Waals surface area contributed by atoms with E-state index in [1.165, 1.54) is 0 Å². The fourth-order valence-electron chi connectivity index (χ4n) is 2.49. The van der Waals surface area contributed by atoms with Gasteiger partial charge in [-0.1, -0.05) is 13.2 Å². The first kappa shape index (κ1) is 30.3. The van der Waals surface area contributed by atoms with Crippen molar-refractivity contribution in [2.45, 2.75) is 25.7 Å². The Labute approximate surface area is 197 Å². The third kappa shape index (κ3) is 10.3. The van der Waals surface area contributed by atoms with Gasteiger partial charge in [-0.2, -0.15) is 0 Å². The molecule has 12 heteroatoms. The van der Waals surface area contributed by atoms with E-state index >= 15 is 0 Å². The van der Waals surface area contributed by atoms with Crippen LogP contribution >= 0.6 is 0 Å². The third-order valence-electron chi connectivity index (χ3n) is 4.54. The zero-order chi connectivity index (χ0) is 26.3. The van der Waals surface area contributed by atoms with E-state index in [0.29, 0.717) is 0 Å². The highest BCUT2D eigenvalue weighted by Crippen LogP contribution is 2.19. The van der Waals surface area contributed by atoms with Gasteiger partial charge in [-0.25, -0.2) is 9.59 Å². The Bertz CT molecular complexity index is 732. The second kappa shape index (κ2) is 16.0. The molecule has 0 aromatic carbocycles. The summed E-state index contributed by atoms with van der Waals surface area (Å²) in [6.07, 6.45) is -0.304. The first-order chi connectivity index (χ1) is 16.0. The van der Waals surface area contributed by atoms with Gasteiger partial charge in [0.1, 0.15) is 0 Å². The summed E-state index contributed by atoms with van der Waals surface area (Å²) in [6, 6.07) is 0. The van der Waals surface area contributed by atoms with E-state index in [1.54, 1.807) is 0 Å². The SMILES string of the molecule is C=C(C(=O)OCCCCOC(=O)C(=C)C(CC(=O)OC)C(=O)OC)C(CC(=O)OC)C(=O)OC. The van der Waals surface area contributed by atoms with Crippen LogP contribution < -0.4 is 0 Å². The van der Waals surface area contributed by atoms with Crippen molar-refractivity contribution in [3.8, 4) is 0 Å². The molecule has 0 aliphatic rings. The van der Waals surface area contributed by atoms with Crippen molar-refractivity contribution in [3.63, 3.8) is 0 Å². The summed E-state index contributed by atoms with van der Waals surface area (Å²) in [7, 11) is 4.47. The van der Waals surface area contributed by atoms with Gasteiger partial charge in [0, 0.05) is 11.1 Å². The topological polar surface area (TPSA) is 158 Å². The van der Waals surface area contributed by atoms with Gasteiger partial charge >= 0.3 is 35.8 Å². The Hall–Kier alpha value is -3.70. The summed E-state index contributed by atoms with van der Waals surface area (Å²) in [4.78, 5) is 70.8. The summed E-state index contributed by atoms with van der Waals surface area (Å²) < 4.78 is 28.2. The lowest BCUT2D eigenvalue weighted by Crippen LogP contribution is -2.27. The number of unbranched alkanes of at least 4 members (excludes halogenated alkanes) is 1. The van der Waals surface area contributed by atoms with Crippen LogP contribution in [0.25, 0.3) is 0 Å². The van der Waals surface area contributed by atoms with Gasteiger partial charge in [-0.15, -0.1) is 0 Å². The molecule has 0 aliphatic carbocycles. The molecule has 0 aliphatic heterocycles. The second-order valence-electron chi connectivity index (χ2n) is 6.74. The van der Waals surface area contributed by atoms with E-state index in [9.17, 15) is 28.8 Å². The molecule has 0 N–H and O–H groups in total. The first-order valence-corrected chi connectivity index (χ1v) is 10.0. The Balaban J connectivity index is 4.56. The molecule has 0 bridgehead atoms. The van der Waals surface area contributed by atoms with Crippen molar-refractivity contribution in [3.05, 3.63) is 24.3 Å². The van der Waals surface area contributed by atoms with Crippen LogP contribution in [0, 0.1) is 11.8 Å². The lowest BCUT2D eigenvalue weighted by Gasteiger charge is -2.16. The van der Waals surface area contributed by atoms with E-state index in [0.717, 1.165) is 28.4 Å². The smallest absolute Gasteiger partial charge is 0.334 e. The van der Waals surface area contributed by atoms with Crippen molar-refractivity contribution in [2.75, 3.05) is 41.7 Å². The van der Waals surface area contributed by atoms with Crippen LogP contribution in [0.1, 0.15) is 25.7 Å². The van der Waals surface area contributed by atoms with Crippen LogP contribution in [0.5, 0.6) is 0 Å². The number of carbonyl (C=O) groups is 6. The van der Waals surface area contributed by atoms with Crippen molar-refractivity contribution >= 4 is 35.8 Å². The number of ether oxygens (including phenoxy) is 6. The van der Waals surface area contributed by atoms with Crippen molar-refractivity contribution in [1.29, 1.82) is 0 Å². The molecule has 0 aromatic rings. The summed E-state index contributed by atoms with van der Waals surface area (Å²) >= 11 is 0. The summed E-state index contributed by atoms with van der Waals surface area (Å²) in [6.45, 7) is 6.83. The largest absolute Gasteiger partial charge is 0.469 e. The zero-order valence-electron chi connectivity index (χ0n) is 19.7. The number of esters is 6. The standard InChI is InChI=1S/C22H30O12/c1-13(15(21(27)31-5)11-17(23)29-3)19(25)33-9-7-8-10-34-20(26)14(2)16(22(28)32-6)12-18(24)30-4/h15-16H,1-2,7-12H2,3-6H3. The lowest BCUT2D eigenvalue weighted by atomic mass is 9.97. The van der Waals surface area contributed by atoms with Gasteiger partial charge in [0.05, 0.1) is 66.3 Å². The summed E-state index contributed by atoms with van der Waals surface area (Å²) in [5.41, 5.74) is -0.529. The minimum atomic E-state index is -1.25. The first-order valence-electron chi connectivity index (χ1n) is 10.0. The molecule has 0 aromatic heterocycles. The molecule has 12 nitrogen and oxygen atoms in total. The lowest BCUT2D eigenvalue weighted by molar-refractivity contribution is -0.153. The van der Waals surface area contributed by atoms with Crippen LogP contribution in [-0.2, 0) is 57.2 Å². The van der Waals surface area contributed by atoms with Gasteiger partial charge in [0.25, 0.3) is 0 Å². The van der Waals surface area contributed by atoms with Gasteiger partial charge in [-0.05, 0) is 12.8 Å². The molecule has 2 unspecified atom stereocenters. The molecule has 34 heavy (non-hydrogen) atoms. The zero-order valence-corrected chi connectivity index (χ0v) is 19.7. The van der Waals surface area contributed by atoms with E-state index in [-0.39, 0.29) is 37.2 Å². The molecule has 0 spiro atoms. The quantitative estimate of drug-likeness (QED) is 0.138. The van der Waals surface area contributed by atoms with Crippen molar-refractivity contribution in [1.82, 2.24) is 0 Å². The number of carbonyl (C=O) groups excluding carboxylic acids is 6. The minimum absolute atomic E-state index is 0.0877. The van der Waals surface area contributed by atoms with Crippen LogP contribution in [-0.4, -0.2) is 77.5 Å². The molecule has 0 radical (unpaired) electrons. The molecule has 0 amide bonds. The highest BCUT2D eigenvalue weighted by molar-refractivity contribution is 5.97. The fraction of sp³-hybridized carbons (Fsp3) is 0.545. The van der Waals surface area contributed by atoms with E-state index in [4.69, 9.17) is 9.47 Å². The van der Waals surface area contributed by atoms with Gasteiger partial charge in [0.15, 0.2) is 0 Å². The maximum absolute atomic E-state index is 12.1. The average molecular weight is 486 g/mol. The maximum Gasteiger partial charge on any atom is 0.334 e. The van der Waals surface area contributed by atoms with Gasteiger partial charge < -0.3 is 28.4 Å². The molecular formula is C22H30O12. The fourth-order valence-corrected chi connectivity index (χ4v) is 2.49. The van der Waals surface area contributed by atoms with Crippen molar-refractivity contribution < 1.29 is 57.2 Å².